The summed E-state index contributed by atoms with van der Waals surface area (Å²) in [7, 11) is 1.99. The molecule has 1 atom stereocenters. The summed E-state index contributed by atoms with van der Waals surface area (Å²) in [6.07, 6.45) is 3.74. The number of aromatic nitrogens is 1. The maximum atomic E-state index is 4.11. The molecular weight excluding hydrogens is 180 g/mol. The van der Waals surface area contributed by atoms with Gasteiger partial charge in [0, 0.05) is 24.2 Å². The Labute approximate surface area is 84.1 Å². The molecule has 72 valence electrons. The Morgan fingerprint density at radius 3 is 3.00 bits per heavy atom. The molecule has 0 saturated carbocycles. The van der Waals surface area contributed by atoms with E-state index in [0.717, 1.165) is 5.75 Å². The fourth-order valence-electron chi connectivity index (χ4n) is 1.16. The summed E-state index contributed by atoms with van der Waals surface area (Å²) >= 11 is 1.95. The lowest BCUT2D eigenvalue weighted by Crippen LogP contribution is -2.18. The molecular formula is C10H16N2S. The van der Waals surface area contributed by atoms with Gasteiger partial charge in [0.05, 0.1) is 0 Å². The van der Waals surface area contributed by atoms with Gasteiger partial charge in [-0.1, -0.05) is 13.0 Å². The van der Waals surface area contributed by atoms with E-state index in [0.29, 0.717) is 6.04 Å². The zero-order valence-corrected chi connectivity index (χ0v) is 8.97. The molecule has 1 unspecified atom stereocenters. The number of thioether (sulfide) groups is 1. The van der Waals surface area contributed by atoms with E-state index >= 15 is 0 Å². The van der Waals surface area contributed by atoms with Gasteiger partial charge in [-0.3, -0.25) is 4.98 Å². The van der Waals surface area contributed by atoms with Crippen LogP contribution in [0.2, 0.25) is 0 Å². The number of pyridine rings is 1. The minimum atomic E-state index is 0.429. The van der Waals surface area contributed by atoms with Crippen molar-refractivity contribution >= 4 is 11.8 Å². The minimum Gasteiger partial charge on any atom is -0.312 e. The van der Waals surface area contributed by atoms with Crippen molar-refractivity contribution in [1.29, 1.82) is 0 Å². The Morgan fingerprint density at radius 1 is 1.62 bits per heavy atom. The summed E-state index contributed by atoms with van der Waals surface area (Å²) in [6.45, 7) is 2.18. The zero-order valence-electron chi connectivity index (χ0n) is 8.16. The van der Waals surface area contributed by atoms with Crippen molar-refractivity contribution in [3.8, 4) is 0 Å². The molecule has 0 aliphatic heterocycles. The van der Waals surface area contributed by atoms with Crippen LogP contribution >= 0.6 is 11.8 Å². The van der Waals surface area contributed by atoms with Gasteiger partial charge in [-0.05, 0) is 24.4 Å². The van der Waals surface area contributed by atoms with Crippen LogP contribution in [-0.2, 0) is 0 Å². The van der Waals surface area contributed by atoms with E-state index in [9.17, 15) is 0 Å². The van der Waals surface area contributed by atoms with Crippen molar-refractivity contribution in [3.05, 3.63) is 30.1 Å². The normalized spacial score (nSPS) is 12.8. The summed E-state index contributed by atoms with van der Waals surface area (Å²) in [5.74, 6) is 2.27. The highest BCUT2D eigenvalue weighted by Gasteiger charge is 2.07. The molecule has 1 aromatic heterocycles. The molecule has 13 heavy (non-hydrogen) atoms. The Bertz CT molecular complexity index is 226. The van der Waals surface area contributed by atoms with Gasteiger partial charge in [-0.25, -0.2) is 0 Å². The van der Waals surface area contributed by atoms with Crippen molar-refractivity contribution in [2.75, 3.05) is 18.6 Å². The standard InChI is InChI=1S/C10H16N2S/c1-3-13-8-10(11-2)9-5-4-6-12-7-9/h4-7,10-11H,3,8H2,1-2H3. The number of rotatable bonds is 5. The highest BCUT2D eigenvalue weighted by Crippen LogP contribution is 2.16. The van der Waals surface area contributed by atoms with E-state index < -0.39 is 0 Å². The molecule has 1 rings (SSSR count). The molecule has 3 heteroatoms. The monoisotopic (exact) mass is 196 g/mol. The average molecular weight is 196 g/mol. The molecule has 0 aliphatic rings. The Morgan fingerprint density at radius 2 is 2.46 bits per heavy atom. The fraction of sp³-hybridized carbons (Fsp3) is 0.500. The summed E-state index contributed by atoms with van der Waals surface area (Å²) in [6, 6.07) is 4.53. The third kappa shape index (κ3) is 3.36. The summed E-state index contributed by atoms with van der Waals surface area (Å²) < 4.78 is 0. The molecule has 1 aromatic rings. The van der Waals surface area contributed by atoms with E-state index in [1.54, 1.807) is 0 Å². The van der Waals surface area contributed by atoms with Crippen molar-refractivity contribution in [3.63, 3.8) is 0 Å². The highest BCUT2D eigenvalue weighted by molar-refractivity contribution is 7.99. The third-order valence-corrected chi connectivity index (χ3v) is 2.90. The first-order chi connectivity index (χ1) is 6.38. The van der Waals surface area contributed by atoms with Gasteiger partial charge in [0.2, 0.25) is 0 Å². The SMILES string of the molecule is CCSCC(NC)c1cccnc1. The van der Waals surface area contributed by atoms with Gasteiger partial charge in [0.15, 0.2) is 0 Å². The quantitative estimate of drug-likeness (QED) is 0.780. The number of hydrogen-bond donors (Lipinski definition) is 1. The van der Waals surface area contributed by atoms with Gasteiger partial charge in [-0.15, -0.1) is 0 Å². The molecule has 1 heterocycles. The van der Waals surface area contributed by atoms with E-state index in [2.05, 4.69) is 23.3 Å². The van der Waals surface area contributed by atoms with Crippen molar-refractivity contribution in [2.45, 2.75) is 13.0 Å². The van der Waals surface area contributed by atoms with Gasteiger partial charge >= 0.3 is 0 Å². The molecule has 2 nitrogen and oxygen atoms in total. The predicted octanol–water partition coefficient (Wildman–Crippen LogP) is 2.10. The lowest BCUT2D eigenvalue weighted by molar-refractivity contribution is 0.659. The van der Waals surface area contributed by atoms with Crippen LogP contribution in [0.4, 0.5) is 0 Å². The molecule has 0 amide bonds. The Balaban J connectivity index is 2.56. The summed E-state index contributed by atoms with van der Waals surface area (Å²) in [5, 5.41) is 3.29. The Hall–Kier alpha value is -0.540. The van der Waals surface area contributed by atoms with Crippen molar-refractivity contribution in [2.24, 2.45) is 0 Å². The fourth-order valence-corrected chi connectivity index (χ4v) is 1.99. The molecule has 0 aromatic carbocycles. The lowest BCUT2D eigenvalue weighted by atomic mass is 10.1. The zero-order chi connectivity index (χ0) is 9.52. The molecule has 1 N–H and O–H groups in total. The molecule has 0 saturated heterocycles. The Kier molecular flexibility index (Phi) is 4.86. The number of hydrogen-bond acceptors (Lipinski definition) is 3. The van der Waals surface area contributed by atoms with E-state index in [1.165, 1.54) is 11.3 Å². The molecule has 0 fully saturated rings. The van der Waals surface area contributed by atoms with Crippen LogP contribution in [0.25, 0.3) is 0 Å². The van der Waals surface area contributed by atoms with Gasteiger partial charge in [0.1, 0.15) is 0 Å². The molecule has 0 bridgehead atoms. The van der Waals surface area contributed by atoms with Crippen LogP contribution in [-0.4, -0.2) is 23.5 Å². The maximum Gasteiger partial charge on any atom is 0.0424 e. The van der Waals surface area contributed by atoms with Gasteiger partial charge in [0.25, 0.3) is 0 Å². The van der Waals surface area contributed by atoms with Crippen LogP contribution < -0.4 is 5.32 Å². The summed E-state index contributed by atoms with van der Waals surface area (Å²) in [5.41, 5.74) is 1.27. The summed E-state index contributed by atoms with van der Waals surface area (Å²) in [4.78, 5) is 4.11. The number of nitrogens with one attached hydrogen (secondary N) is 1. The molecule has 0 radical (unpaired) electrons. The van der Waals surface area contributed by atoms with Crippen LogP contribution in [0.5, 0.6) is 0 Å². The largest absolute Gasteiger partial charge is 0.312 e. The van der Waals surface area contributed by atoms with Crippen LogP contribution in [0, 0.1) is 0 Å². The van der Waals surface area contributed by atoms with Gasteiger partial charge < -0.3 is 5.32 Å². The molecule has 0 spiro atoms. The first-order valence-electron chi connectivity index (χ1n) is 4.53. The van der Waals surface area contributed by atoms with E-state index in [-0.39, 0.29) is 0 Å². The first-order valence-corrected chi connectivity index (χ1v) is 5.69. The predicted molar refractivity (Wildman–Crippen MR) is 59.0 cm³/mol. The maximum absolute atomic E-state index is 4.11. The second-order valence-electron chi connectivity index (χ2n) is 2.79. The third-order valence-electron chi connectivity index (χ3n) is 1.92. The first kappa shape index (κ1) is 10.5. The smallest absolute Gasteiger partial charge is 0.0424 e. The average Bonchev–Trinajstić information content (AvgIpc) is 2.21. The lowest BCUT2D eigenvalue weighted by Gasteiger charge is -2.14. The topological polar surface area (TPSA) is 24.9 Å². The highest BCUT2D eigenvalue weighted by atomic mass is 32.2. The van der Waals surface area contributed by atoms with Gasteiger partial charge in [-0.2, -0.15) is 11.8 Å². The van der Waals surface area contributed by atoms with Crippen molar-refractivity contribution in [1.82, 2.24) is 10.3 Å². The second kappa shape index (κ2) is 6.00. The van der Waals surface area contributed by atoms with Crippen LogP contribution in [0.1, 0.15) is 18.5 Å². The second-order valence-corrected chi connectivity index (χ2v) is 4.11. The number of nitrogens with zero attached hydrogens (tertiary/aromatic N) is 1. The van der Waals surface area contributed by atoms with E-state index in [4.69, 9.17) is 0 Å². The van der Waals surface area contributed by atoms with Crippen molar-refractivity contribution < 1.29 is 0 Å². The van der Waals surface area contributed by atoms with Crippen LogP contribution in [0.15, 0.2) is 24.5 Å². The van der Waals surface area contributed by atoms with Crippen LogP contribution in [0.3, 0.4) is 0 Å². The molecule has 0 aliphatic carbocycles. The minimum absolute atomic E-state index is 0.429. The van der Waals surface area contributed by atoms with E-state index in [1.807, 2.05) is 37.3 Å².